The number of hydrogen-bond donors (Lipinski definition) is 0. The maximum Gasteiger partial charge on any atom is 0.319 e. The van der Waals surface area contributed by atoms with E-state index in [1.54, 1.807) is 0 Å². The summed E-state index contributed by atoms with van der Waals surface area (Å²) in [7, 11) is 0. The van der Waals surface area contributed by atoms with E-state index in [9.17, 15) is 4.79 Å². The first kappa shape index (κ1) is 6.89. The van der Waals surface area contributed by atoms with Crippen molar-refractivity contribution in [2.45, 2.75) is 12.5 Å². The summed E-state index contributed by atoms with van der Waals surface area (Å²) in [5.41, 5.74) is -0.345. The number of carbonyl (C=O) groups excluding carboxylic acids is 1. The van der Waals surface area contributed by atoms with Crippen LogP contribution in [0.4, 0.5) is 0 Å². The summed E-state index contributed by atoms with van der Waals surface area (Å²) in [5, 5.41) is 0. The van der Waals surface area contributed by atoms with E-state index in [-0.39, 0.29) is 11.6 Å². The molecule has 1 heterocycles. The smallest absolute Gasteiger partial charge is 0.319 e. The highest BCUT2D eigenvalue weighted by Crippen LogP contribution is 2.21. The summed E-state index contributed by atoms with van der Waals surface area (Å²) in [6.45, 7) is 2.46. The van der Waals surface area contributed by atoms with Crippen LogP contribution in [0.25, 0.3) is 0 Å². The Bertz CT molecular complexity index is 115. The third-order valence-corrected chi connectivity index (χ3v) is 1.77. The molecule has 0 radical (unpaired) electrons. The second-order valence-electron chi connectivity index (χ2n) is 1.54. The first-order valence-corrected chi connectivity index (χ1v) is 3.80. The molecule has 52 valence electrons. The predicted octanol–water partition coefficient (Wildman–Crippen LogP) is 0.596. The van der Waals surface area contributed by atoms with Crippen LogP contribution in [0.2, 0.25) is 0 Å². The normalized spacial score (nSPS) is 26.3. The molecule has 9 heavy (non-hydrogen) atoms. The Morgan fingerprint density at radius 2 is 2.78 bits per heavy atom. The quantitative estimate of drug-likeness (QED) is 0.537. The van der Waals surface area contributed by atoms with Gasteiger partial charge < -0.3 is 9.47 Å². The zero-order valence-electron chi connectivity index (χ0n) is 5.12. The summed E-state index contributed by atoms with van der Waals surface area (Å²) < 4.78 is 9.70. The molecule has 0 unspecified atom stereocenters. The van der Waals surface area contributed by atoms with Crippen molar-refractivity contribution >= 4 is 17.7 Å². The average Bonchev–Trinajstić information content (AvgIpc) is 2.17. The van der Waals surface area contributed by atoms with Gasteiger partial charge in [-0.2, -0.15) is 0 Å². The highest BCUT2D eigenvalue weighted by Gasteiger charge is 2.23. The molecule has 0 bridgehead atoms. The summed E-state index contributed by atoms with van der Waals surface area (Å²) in [4.78, 5) is 10.4. The van der Waals surface area contributed by atoms with Crippen molar-refractivity contribution in [2.24, 2.45) is 0 Å². The average molecular weight is 148 g/mol. The molecule has 1 aliphatic heterocycles. The first-order chi connectivity index (χ1) is 4.33. The molecular weight excluding hydrogens is 140 g/mol. The van der Waals surface area contributed by atoms with Gasteiger partial charge in [0.05, 0.1) is 5.75 Å². The maximum absolute atomic E-state index is 10.4. The predicted molar refractivity (Wildman–Crippen MR) is 34.0 cm³/mol. The van der Waals surface area contributed by atoms with Crippen LogP contribution in [-0.2, 0) is 14.3 Å². The molecule has 0 amide bonds. The molecule has 0 aromatic heterocycles. The highest BCUT2D eigenvalue weighted by atomic mass is 32.2. The molecular formula is C5H8O3S. The number of cyclic esters (lactones) is 1. The van der Waals surface area contributed by atoms with Gasteiger partial charge in [-0.15, -0.1) is 0 Å². The minimum atomic E-state index is -0.345. The van der Waals surface area contributed by atoms with Gasteiger partial charge >= 0.3 is 5.97 Å². The third-order valence-electron chi connectivity index (χ3n) is 0.868. The Hall–Kier alpha value is -0.220. The molecule has 0 aromatic carbocycles. The lowest BCUT2D eigenvalue weighted by Crippen LogP contribution is -2.08. The second-order valence-corrected chi connectivity index (χ2v) is 2.55. The zero-order chi connectivity index (χ0) is 6.69. The fourth-order valence-corrected chi connectivity index (χ4v) is 1.28. The van der Waals surface area contributed by atoms with Gasteiger partial charge in [-0.1, -0.05) is 11.8 Å². The fourth-order valence-electron chi connectivity index (χ4n) is 0.530. The third kappa shape index (κ3) is 1.87. The summed E-state index contributed by atoms with van der Waals surface area (Å²) >= 11 is 1.38. The summed E-state index contributed by atoms with van der Waals surface area (Å²) in [5.74, 6) is 0.239. The van der Waals surface area contributed by atoms with Crippen molar-refractivity contribution in [1.82, 2.24) is 0 Å². The maximum atomic E-state index is 10.4. The van der Waals surface area contributed by atoms with E-state index in [0.29, 0.717) is 12.4 Å². The van der Waals surface area contributed by atoms with Gasteiger partial charge in [0, 0.05) is 6.61 Å². The van der Waals surface area contributed by atoms with Crippen molar-refractivity contribution in [3.8, 4) is 0 Å². The van der Waals surface area contributed by atoms with E-state index >= 15 is 0 Å². The Morgan fingerprint density at radius 1 is 2.00 bits per heavy atom. The second kappa shape index (κ2) is 3.08. The van der Waals surface area contributed by atoms with Crippen molar-refractivity contribution in [3.05, 3.63) is 0 Å². The number of ether oxygens (including phenoxy) is 2. The molecule has 0 aliphatic carbocycles. The Morgan fingerprint density at radius 3 is 3.22 bits per heavy atom. The largest absolute Gasteiger partial charge is 0.425 e. The van der Waals surface area contributed by atoms with Gasteiger partial charge in [0.25, 0.3) is 5.62 Å². The van der Waals surface area contributed by atoms with Crippen molar-refractivity contribution < 1.29 is 14.3 Å². The molecule has 1 rings (SSSR count). The topological polar surface area (TPSA) is 35.5 Å². The van der Waals surface area contributed by atoms with Gasteiger partial charge in [0.1, 0.15) is 0 Å². The molecule has 1 fully saturated rings. The Kier molecular flexibility index (Phi) is 2.36. The van der Waals surface area contributed by atoms with E-state index in [0.717, 1.165) is 0 Å². The van der Waals surface area contributed by atoms with Gasteiger partial charge in [0.15, 0.2) is 0 Å². The van der Waals surface area contributed by atoms with Crippen LogP contribution in [0, 0.1) is 0 Å². The lowest BCUT2D eigenvalue weighted by atomic mass is 10.8. The molecule has 1 atom stereocenters. The van der Waals surface area contributed by atoms with Crippen LogP contribution in [0.3, 0.4) is 0 Å². The molecule has 4 heteroatoms. The van der Waals surface area contributed by atoms with Gasteiger partial charge in [0.2, 0.25) is 0 Å². The van der Waals surface area contributed by atoms with Crippen LogP contribution in [0.1, 0.15) is 6.92 Å². The molecule has 0 N–H and O–H groups in total. The number of esters is 1. The molecule has 0 spiro atoms. The highest BCUT2D eigenvalue weighted by molar-refractivity contribution is 8.00. The minimum absolute atomic E-state index is 0.182. The van der Waals surface area contributed by atoms with Gasteiger partial charge in [-0.25, -0.2) is 0 Å². The molecule has 3 nitrogen and oxygen atoms in total. The van der Waals surface area contributed by atoms with E-state index in [1.165, 1.54) is 11.8 Å². The van der Waals surface area contributed by atoms with Gasteiger partial charge in [-0.05, 0) is 6.92 Å². The minimum Gasteiger partial charge on any atom is -0.425 e. The summed E-state index contributed by atoms with van der Waals surface area (Å²) in [6, 6.07) is 0. The van der Waals surface area contributed by atoms with Crippen molar-refractivity contribution in [2.75, 3.05) is 12.4 Å². The molecule has 0 aromatic rings. The van der Waals surface area contributed by atoms with Crippen LogP contribution in [-0.4, -0.2) is 24.0 Å². The van der Waals surface area contributed by atoms with E-state index in [1.807, 2.05) is 6.92 Å². The van der Waals surface area contributed by atoms with E-state index < -0.39 is 0 Å². The van der Waals surface area contributed by atoms with Gasteiger partial charge in [-0.3, -0.25) is 4.79 Å². The summed E-state index contributed by atoms with van der Waals surface area (Å²) in [6.07, 6.45) is 0. The van der Waals surface area contributed by atoms with E-state index in [4.69, 9.17) is 9.47 Å². The lowest BCUT2D eigenvalue weighted by molar-refractivity contribution is -0.154. The lowest BCUT2D eigenvalue weighted by Gasteiger charge is -2.05. The monoisotopic (exact) mass is 148 g/mol. The Labute approximate surface area is 57.7 Å². The van der Waals surface area contributed by atoms with Crippen molar-refractivity contribution in [3.63, 3.8) is 0 Å². The fraction of sp³-hybridized carbons (Fsp3) is 0.800. The Balaban J connectivity index is 2.22. The number of rotatable bonds is 2. The number of hydrogen-bond acceptors (Lipinski definition) is 4. The first-order valence-electron chi connectivity index (χ1n) is 2.75. The van der Waals surface area contributed by atoms with E-state index in [2.05, 4.69) is 0 Å². The standard InChI is InChI=1S/C5H8O3S/c1-2-7-5-8-4(6)3-9-5/h5H,2-3H2,1H3/t5-/m1/s1. The SMILES string of the molecule is CCO[C@@H]1OC(=O)CS1. The van der Waals surface area contributed by atoms with Crippen LogP contribution in [0.5, 0.6) is 0 Å². The van der Waals surface area contributed by atoms with Crippen LogP contribution < -0.4 is 0 Å². The molecule has 0 saturated carbocycles. The van der Waals surface area contributed by atoms with Crippen LogP contribution in [0.15, 0.2) is 0 Å². The van der Waals surface area contributed by atoms with Crippen LogP contribution >= 0.6 is 11.8 Å². The zero-order valence-corrected chi connectivity index (χ0v) is 5.94. The number of thioether (sulfide) groups is 1. The number of carbonyl (C=O) groups is 1. The molecule has 1 aliphatic rings. The van der Waals surface area contributed by atoms with Crippen molar-refractivity contribution in [1.29, 1.82) is 0 Å². The molecule has 1 saturated heterocycles.